The van der Waals surface area contributed by atoms with Gasteiger partial charge in [0.2, 0.25) is 11.8 Å². The summed E-state index contributed by atoms with van der Waals surface area (Å²) < 4.78 is 20.2. The Balaban J connectivity index is 1.23. The molecule has 0 radical (unpaired) electrons. The Kier molecular flexibility index (Phi) is 6.25. The molecule has 5 rings (SSSR count). The number of carbonyl (C=O) groups is 3. The smallest absolute Gasteiger partial charge is 0.255 e. The van der Waals surface area contributed by atoms with E-state index in [1.165, 1.54) is 11.0 Å². The SMILES string of the molecule is Cc1ccc(CCCN2CCC(c3cc(F)cc4c3CN(C3CCC(=O)NC3=O)C4=O)CC2)o1. The summed E-state index contributed by atoms with van der Waals surface area (Å²) >= 11 is 0. The van der Waals surface area contributed by atoms with Crippen molar-refractivity contribution in [3.63, 3.8) is 0 Å². The average Bonchev–Trinajstić information content (AvgIpc) is 3.37. The standard InChI is InChI=1S/C26H30FN3O4/c1-16-4-5-19(34-16)3-2-10-29-11-8-17(9-12-29)20-13-18(27)14-21-22(20)15-30(26(21)33)23-6-7-24(31)28-25(23)32/h4-5,13-14,17,23H,2-3,6-12,15H2,1H3,(H,28,31,32). The van der Waals surface area contributed by atoms with E-state index in [4.69, 9.17) is 4.42 Å². The molecule has 0 saturated carbocycles. The number of likely N-dealkylation sites (tertiary alicyclic amines) is 1. The lowest BCUT2D eigenvalue weighted by Crippen LogP contribution is -2.52. The monoisotopic (exact) mass is 467 g/mol. The molecule has 1 unspecified atom stereocenters. The van der Waals surface area contributed by atoms with Gasteiger partial charge in [-0.3, -0.25) is 19.7 Å². The Hall–Kier alpha value is -3.00. The number of nitrogens with zero attached hydrogens (tertiary/aromatic N) is 2. The number of hydrogen-bond donors (Lipinski definition) is 1. The van der Waals surface area contributed by atoms with E-state index in [9.17, 15) is 18.8 Å². The van der Waals surface area contributed by atoms with Crippen LogP contribution in [-0.2, 0) is 22.6 Å². The van der Waals surface area contributed by atoms with Crippen LogP contribution in [0.4, 0.5) is 4.39 Å². The molecule has 0 bridgehead atoms. The molecular formula is C26H30FN3O4. The van der Waals surface area contributed by atoms with Crippen LogP contribution in [0.1, 0.15) is 71.0 Å². The van der Waals surface area contributed by atoms with Crippen molar-refractivity contribution < 1.29 is 23.2 Å². The van der Waals surface area contributed by atoms with Crippen LogP contribution in [0.25, 0.3) is 0 Å². The normalized spacial score (nSPS) is 21.8. The van der Waals surface area contributed by atoms with E-state index in [2.05, 4.69) is 10.2 Å². The zero-order valence-electron chi connectivity index (χ0n) is 19.4. The second-order valence-electron chi connectivity index (χ2n) is 9.65. The van der Waals surface area contributed by atoms with Crippen molar-refractivity contribution in [3.8, 4) is 0 Å². The van der Waals surface area contributed by atoms with Gasteiger partial charge in [-0.15, -0.1) is 0 Å². The van der Waals surface area contributed by atoms with Crippen LogP contribution in [0.5, 0.6) is 0 Å². The first-order valence-electron chi connectivity index (χ1n) is 12.1. The van der Waals surface area contributed by atoms with Gasteiger partial charge in [0.25, 0.3) is 5.91 Å². The van der Waals surface area contributed by atoms with E-state index in [0.29, 0.717) is 18.5 Å². The second kappa shape index (κ2) is 9.33. The molecule has 2 aromatic rings. The van der Waals surface area contributed by atoms with Crippen molar-refractivity contribution in [2.75, 3.05) is 19.6 Å². The van der Waals surface area contributed by atoms with Crippen LogP contribution in [0.3, 0.4) is 0 Å². The maximum atomic E-state index is 14.5. The van der Waals surface area contributed by atoms with Crippen molar-refractivity contribution in [1.29, 1.82) is 0 Å². The third kappa shape index (κ3) is 4.51. The number of halogens is 1. The highest BCUT2D eigenvalue weighted by atomic mass is 19.1. The molecule has 7 nitrogen and oxygen atoms in total. The van der Waals surface area contributed by atoms with E-state index in [1.54, 1.807) is 6.07 Å². The molecule has 0 aliphatic carbocycles. The van der Waals surface area contributed by atoms with Gasteiger partial charge in [0.1, 0.15) is 23.4 Å². The summed E-state index contributed by atoms with van der Waals surface area (Å²) in [5.41, 5.74) is 2.09. The summed E-state index contributed by atoms with van der Waals surface area (Å²) in [6.45, 7) is 5.10. The lowest BCUT2D eigenvalue weighted by Gasteiger charge is -2.33. The lowest BCUT2D eigenvalue weighted by atomic mass is 9.85. The molecule has 8 heteroatoms. The Bertz CT molecular complexity index is 1120. The Morgan fingerprint density at radius 3 is 2.62 bits per heavy atom. The molecule has 180 valence electrons. The second-order valence-corrected chi connectivity index (χ2v) is 9.65. The largest absolute Gasteiger partial charge is 0.466 e. The Labute approximate surface area is 198 Å². The number of benzene rings is 1. The van der Waals surface area contributed by atoms with Gasteiger partial charge in [-0.05, 0) is 93.6 Å². The van der Waals surface area contributed by atoms with Gasteiger partial charge in [-0.2, -0.15) is 0 Å². The topological polar surface area (TPSA) is 82.9 Å². The van der Waals surface area contributed by atoms with Gasteiger partial charge in [0, 0.05) is 24.9 Å². The van der Waals surface area contributed by atoms with Gasteiger partial charge in [0.05, 0.1) is 0 Å². The number of carbonyl (C=O) groups excluding carboxylic acids is 3. The highest BCUT2D eigenvalue weighted by Gasteiger charge is 2.41. The zero-order valence-corrected chi connectivity index (χ0v) is 19.4. The molecule has 2 saturated heterocycles. The van der Waals surface area contributed by atoms with Crippen LogP contribution in [0.15, 0.2) is 28.7 Å². The third-order valence-corrected chi connectivity index (χ3v) is 7.38. The van der Waals surface area contributed by atoms with Crippen LogP contribution in [0, 0.1) is 12.7 Å². The van der Waals surface area contributed by atoms with Crippen molar-refractivity contribution in [3.05, 3.63) is 58.3 Å². The number of imide groups is 1. The van der Waals surface area contributed by atoms with Crippen molar-refractivity contribution >= 4 is 17.7 Å². The molecule has 2 fully saturated rings. The highest BCUT2D eigenvalue weighted by molar-refractivity contribution is 6.05. The van der Waals surface area contributed by atoms with E-state index >= 15 is 0 Å². The van der Waals surface area contributed by atoms with Crippen molar-refractivity contribution in [2.24, 2.45) is 0 Å². The molecule has 1 aromatic heterocycles. The van der Waals surface area contributed by atoms with Gasteiger partial charge < -0.3 is 14.2 Å². The number of furan rings is 1. The lowest BCUT2D eigenvalue weighted by molar-refractivity contribution is -0.136. The molecule has 0 spiro atoms. The summed E-state index contributed by atoms with van der Waals surface area (Å²) in [5.74, 6) is 0.642. The van der Waals surface area contributed by atoms with Gasteiger partial charge >= 0.3 is 0 Å². The minimum atomic E-state index is -0.687. The number of fused-ring (bicyclic) bond motifs is 1. The first-order chi connectivity index (χ1) is 16.4. The number of hydrogen-bond acceptors (Lipinski definition) is 5. The number of aryl methyl sites for hydroxylation is 2. The summed E-state index contributed by atoms with van der Waals surface area (Å²) in [6.07, 6.45) is 4.27. The molecule has 3 amide bonds. The van der Waals surface area contributed by atoms with Gasteiger partial charge in [0.15, 0.2) is 0 Å². The molecule has 1 aromatic carbocycles. The number of nitrogens with one attached hydrogen (secondary N) is 1. The van der Waals surface area contributed by atoms with Crippen LogP contribution in [0.2, 0.25) is 0 Å². The van der Waals surface area contributed by atoms with Crippen LogP contribution >= 0.6 is 0 Å². The third-order valence-electron chi connectivity index (χ3n) is 7.38. The summed E-state index contributed by atoms with van der Waals surface area (Å²) in [7, 11) is 0. The minimum absolute atomic E-state index is 0.183. The summed E-state index contributed by atoms with van der Waals surface area (Å²) in [6, 6.07) is 6.20. The predicted molar refractivity (Wildman–Crippen MR) is 123 cm³/mol. The van der Waals surface area contributed by atoms with Crippen molar-refractivity contribution in [2.45, 2.75) is 64.0 Å². The highest BCUT2D eigenvalue weighted by Crippen LogP contribution is 2.37. The Morgan fingerprint density at radius 1 is 1.12 bits per heavy atom. The number of piperidine rings is 2. The fraction of sp³-hybridized carbons (Fsp3) is 0.500. The van der Waals surface area contributed by atoms with E-state index in [-0.39, 0.29) is 24.2 Å². The van der Waals surface area contributed by atoms with Gasteiger partial charge in [-0.1, -0.05) is 0 Å². The Morgan fingerprint density at radius 2 is 1.91 bits per heavy atom. The molecule has 4 heterocycles. The molecule has 1 N–H and O–H groups in total. The number of amides is 3. The van der Waals surface area contributed by atoms with E-state index in [0.717, 1.165) is 68.0 Å². The maximum absolute atomic E-state index is 14.5. The van der Waals surface area contributed by atoms with Crippen LogP contribution in [-0.4, -0.2) is 53.2 Å². The fourth-order valence-electron chi connectivity index (χ4n) is 5.58. The van der Waals surface area contributed by atoms with Gasteiger partial charge in [-0.25, -0.2) is 4.39 Å². The molecule has 1 atom stereocenters. The van der Waals surface area contributed by atoms with Crippen LogP contribution < -0.4 is 5.32 Å². The zero-order chi connectivity index (χ0) is 23.8. The summed E-state index contributed by atoms with van der Waals surface area (Å²) in [5, 5.41) is 2.32. The van der Waals surface area contributed by atoms with Crippen molar-refractivity contribution in [1.82, 2.24) is 15.1 Å². The first-order valence-corrected chi connectivity index (χ1v) is 12.1. The molecular weight excluding hydrogens is 437 g/mol. The van der Waals surface area contributed by atoms with E-state index in [1.807, 2.05) is 19.1 Å². The van der Waals surface area contributed by atoms with E-state index < -0.39 is 17.8 Å². The minimum Gasteiger partial charge on any atom is -0.466 e. The number of rotatable bonds is 6. The average molecular weight is 468 g/mol. The quantitative estimate of drug-likeness (QED) is 0.660. The molecule has 34 heavy (non-hydrogen) atoms. The molecule has 3 aliphatic rings. The summed E-state index contributed by atoms with van der Waals surface area (Å²) in [4.78, 5) is 40.9. The maximum Gasteiger partial charge on any atom is 0.255 e. The fourth-order valence-corrected chi connectivity index (χ4v) is 5.58. The first kappa shape index (κ1) is 22.8. The predicted octanol–water partition coefficient (Wildman–Crippen LogP) is 3.30. The molecule has 3 aliphatic heterocycles.